The van der Waals surface area contributed by atoms with Crippen LogP contribution < -0.4 is 11.1 Å². The van der Waals surface area contributed by atoms with Gasteiger partial charge in [0.15, 0.2) is 0 Å². The fourth-order valence-corrected chi connectivity index (χ4v) is 3.26. The van der Waals surface area contributed by atoms with Crippen LogP contribution in [-0.4, -0.2) is 40.1 Å². The molecule has 9 heteroatoms. The van der Waals surface area contributed by atoms with Crippen molar-refractivity contribution in [3.63, 3.8) is 0 Å². The number of aliphatic imine (C=N–C) groups is 1. The Morgan fingerprint density at radius 2 is 1.87 bits per heavy atom. The molecule has 1 aromatic heterocycles. The van der Waals surface area contributed by atoms with Crippen LogP contribution in [-0.2, 0) is 11.8 Å². The van der Waals surface area contributed by atoms with Gasteiger partial charge in [0, 0.05) is 32.2 Å². The fourth-order valence-electron chi connectivity index (χ4n) is 3.26. The van der Waals surface area contributed by atoms with Crippen LogP contribution >= 0.6 is 24.8 Å². The van der Waals surface area contributed by atoms with Crippen LogP contribution in [0, 0.1) is 0 Å². The van der Waals surface area contributed by atoms with Crippen molar-refractivity contribution in [3.8, 4) is 0 Å². The molecule has 1 atom stereocenters. The van der Waals surface area contributed by atoms with E-state index in [9.17, 15) is 4.79 Å². The first kappa shape index (κ1) is 23.4. The lowest BCUT2D eigenvalue weighted by Crippen LogP contribution is -2.42. The number of nitrogens with one attached hydrogen (secondary N) is 1. The van der Waals surface area contributed by atoms with Gasteiger partial charge in [-0.15, -0.1) is 24.8 Å². The fraction of sp³-hybridized carbons (Fsp3) is 0.190. The number of aromatic nitrogens is 2. The van der Waals surface area contributed by atoms with Crippen molar-refractivity contribution >= 4 is 53.7 Å². The highest BCUT2D eigenvalue weighted by Gasteiger charge is 2.28. The van der Waals surface area contributed by atoms with Crippen molar-refractivity contribution in [2.24, 2.45) is 17.8 Å². The molecule has 2 heterocycles. The molecule has 3 aromatic rings. The first-order chi connectivity index (χ1) is 13.5. The Bertz CT molecular complexity index is 1090. The summed E-state index contributed by atoms with van der Waals surface area (Å²) in [7, 11) is 3.59. The van der Waals surface area contributed by atoms with Gasteiger partial charge in [0.25, 0.3) is 5.91 Å². The van der Waals surface area contributed by atoms with Crippen molar-refractivity contribution in [2.75, 3.05) is 13.6 Å². The van der Waals surface area contributed by atoms with Gasteiger partial charge >= 0.3 is 0 Å². The van der Waals surface area contributed by atoms with Crippen LogP contribution in [0.2, 0.25) is 0 Å². The molecule has 0 bridgehead atoms. The number of halogens is 2. The lowest BCUT2D eigenvalue weighted by Gasteiger charge is -2.21. The molecule has 7 nitrogen and oxygen atoms in total. The zero-order valence-electron chi connectivity index (χ0n) is 16.6. The van der Waals surface area contributed by atoms with E-state index in [2.05, 4.69) is 15.4 Å². The maximum absolute atomic E-state index is 12.6. The van der Waals surface area contributed by atoms with E-state index < -0.39 is 0 Å². The van der Waals surface area contributed by atoms with Gasteiger partial charge in [-0.3, -0.25) is 14.4 Å². The smallest absolute Gasteiger partial charge is 0.279 e. The summed E-state index contributed by atoms with van der Waals surface area (Å²) in [5.74, 6) is 0.343. The third-order valence-corrected chi connectivity index (χ3v) is 4.76. The van der Waals surface area contributed by atoms with Crippen LogP contribution in [0.3, 0.4) is 0 Å². The van der Waals surface area contributed by atoms with Gasteiger partial charge in [-0.2, -0.15) is 5.10 Å². The molecule has 3 N–H and O–H groups in total. The molecule has 0 aliphatic carbocycles. The Morgan fingerprint density at radius 3 is 2.57 bits per heavy atom. The standard InChI is InChI=1S/C21H22N6O.2ClH/c1-26-13-16-10-14(8-9-17(16)25-26)11-18-20(28)27(2)21(23-18)24-19(12-22)15-6-4-3-5-7-15;;/h3-11,13,19H,12,22H2,1-2H3,(H,23,24);2*1H/b18-11-;;. The maximum Gasteiger partial charge on any atom is 0.279 e. The van der Waals surface area contributed by atoms with Gasteiger partial charge in [0.05, 0.1) is 11.6 Å². The molecule has 0 radical (unpaired) electrons. The van der Waals surface area contributed by atoms with Gasteiger partial charge in [0.1, 0.15) is 5.70 Å². The van der Waals surface area contributed by atoms with Crippen LogP contribution in [0.4, 0.5) is 0 Å². The first-order valence-electron chi connectivity index (χ1n) is 9.08. The third-order valence-electron chi connectivity index (χ3n) is 4.76. The number of nitrogens with zero attached hydrogens (tertiary/aromatic N) is 4. The maximum atomic E-state index is 12.6. The average Bonchev–Trinajstić information content (AvgIpc) is 3.20. The second kappa shape index (κ2) is 9.75. The molecule has 0 saturated heterocycles. The van der Waals surface area contributed by atoms with E-state index in [1.165, 1.54) is 4.90 Å². The highest BCUT2D eigenvalue weighted by Crippen LogP contribution is 2.21. The zero-order chi connectivity index (χ0) is 19.7. The summed E-state index contributed by atoms with van der Waals surface area (Å²) in [5.41, 5.74) is 9.19. The molecule has 4 rings (SSSR count). The highest BCUT2D eigenvalue weighted by atomic mass is 35.5. The second-order valence-corrected chi connectivity index (χ2v) is 6.79. The molecule has 2 aromatic carbocycles. The number of amides is 1. The number of hydrogen-bond donors (Lipinski definition) is 2. The number of fused-ring (bicyclic) bond motifs is 1. The molecule has 1 aliphatic heterocycles. The Morgan fingerprint density at radius 1 is 1.13 bits per heavy atom. The molecular weight excluding hydrogens is 423 g/mol. The van der Waals surface area contributed by atoms with Gasteiger partial charge in [-0.25, -0.2) is 4.99 Å². The monoisotopic (exact) mass is 446 g/mol. The minimum atomic E-state index is -0.155. The van der Waals surface area contributed by atoms with Crippen LogP contribution in [0.5, 0.6) is 0 Å². The minimum absolute atomic E-state index is 0. The molecule has 1 aliphatic rings. The summed E-state index contributed by atoms with van der Waals surface area (Å²) in [6.07, 6.45) is 3.74. The van der Waals surface area contributed by atoms with E-state index in [-0.39, 0.29) is 36.8 Å². The average molecular weight is 447 g/mol. The topological polar surface area (TPSA) is 88.5 Å². The molecule has 158 valence electrons. The van der Waals surface area contributed by atoms with Gasteiger partial charge in [0.2, 0.25) is 5.96 Å². The number of carbonyl (C=O) groups is 1. The van der Waals surface area contributed by atoms with E-state index in [1.54, 1.807) is 17.8 Å². The second-order valence-electron chi connectivity index (χ2n) is 6.79. The van der Waals surface area contributed by atoms with Crippen molar-refractivity contribution in [2.45, 2.75) is 6.04 Å². The van der Waals surface area contributed by atoms with Gasteiger partial charge < -0.3 is 11.1 Å². The van der Waals surface area contributed by atoms with Crippen molar-refractivity contribution in [3.05, 3.63) is 71.6 Å². The van der Waals surface area contributed by atoms with Crippen molar-refractivity contribution in [1.29, 1.82) is 0 Å². The molecule has 0 saturated carbocycles. The van der Waals surface area contributed by atoms with E-state index in [1.807, 2.05) is 61.8 Å². The van der Waals surface area contributed by atoms with E-state index in [4.69, 9.17) is 5.73 Å². The lowest BCUT2D eigenvalue weighted by molar-refractivity contribution is -0.121. The first-order valence-corrected chi connectivity index (χ1v) is 9.08. The number of guanidine groups is 1. The number of nitrogens with two attached hydrogens (primary N) is 1. The Balaban J connectivity index is 0.00000160. The lowest BCUT2D eigenvalue weighted by atomic mass is 10.1. The largest absolute Gasteiger partial charge is 0.347 e. The number of likely N-dealkylation sites (N-methyl/N-ethyl adjacent to an activating group) is 1. The predicted octanol–water partition coefficient (Wildman–Crippen LogP) is 2.88. The Labute approximate surface area is 187 Å². The SMILES string of the molecule is CN1C(=O)/C(=C/c2ccc3nn(C)cc3c2)N=C1NC(CN)c1ccccc1.Cl.Cl. The van der Waals surface area contributed by atoms with Crippen LogP contribution in [0.15, 0.2) is 65.4 Å². The van der Waals surface area contributed by atoms with Gasteiger partial charge in [-0.1, -0.05) is 36.4 Å². The minimum Gasteiger partial charge on any atom is -0.347 e. The number of rotatable bonds is 4. The predicted molar refractivity (Wildman–Crippen MR) is 125 cm³/mol. The highest BCUT2D eigenvalue weighted by molar-refractivity contribution is 6.13. The quantitative estimate of drug-likeness (QED) is 0.602. The molecular formula is C21H24Cl2N6O. The summed E-state index contributed by atoms with van der Waals surface area (Å²) in [4.78, 5) is 18.7. The van der Waals surface area contributed by atoms with Gasteiger partial charge in [-0.05, 0) is 29.3 Å². The zero-order valence-corrected chi connectivity index (χ0v) is 18.3. The normalized spacial score (nSPS) is 15.6. The summed E-state index contributed by atoms with van der Waals surface area (Å²) >= 11 is 0. The number of carbonyl (C=O) groups excluding carboxylic acids is 1. The molecule has 1 unspecified atom stereocenters. The van der Waals surface area contributed by atoms with E-state index in [0.717, 1.165) is 22.0 Å². The third kappa shape index (κ3) is 4.64. The summed E-state index contributed by atoms with van der Waals surface area (Å²) < 4.78 is 1.77. The summed E-state index contributed by atoms with van der Waals surface area (Å²) in [6.45, 7) is 0.391. The number of hydrogen-bond acceptors (Lipinski definition) is 5. The summed E-state index contributed by atoms with van der Waals surface area (Å²) in [5, 5.41) is 8.67. The molecule has 0 spiro atoms. The van der Waals surface area contributed by atoms with E-state index in [0.29, 0.717) is 18.2 Å². The summed E-state index contributed by atoms with van der Waals surface area (Å²) in [6, 6.07) is 15.6. The molecule has 1 amide bonds. The van der Waals surface area contributed by atoms with Crippen molar-refractivity contribution in [1.82, 2.24) is 20.0 Å². The number of aryl methyl sites for hydroxylation is 1. The number of benzene rings is 2. The Kier molecular flexibility index (Phi) is 7.61. The van der Waals surface area contributed by atoms with Crippen LogP contribution in [0.25, 0.3) is 17.0 Å². The van der Waals surface area contributed by atoms with E-state index >= 15 is 0 Å². The molecule has 0 fully saturated rings. The Hall–Kier alpha value is -2.87. The van der Waals surface area contributed by atoms with Crippen molar-refractivity contribution < 1.29 is 4.79 Å². The van der Waals surface area contributed by atoms with Crippen LogP contribution in [0.1, 0.15) is 17.2 Å². The molecule has 30 heavy (non-hydrogen) atoms.